The van der Waals surface area contributed by atoms with E-state index in [0.29, 0.717) is 19.1 Å². The van der Waals surface area contributed by atoms with Crippen LogP contribution in [0.4, 0.5) is 0 Å². The molecule has 0 aromatic heterocycles. The zero-order valence-corrected chi connectivity index (χ0v) is 13.6. The van der Waals surface area contributed by atoms with Crippen LogP contribution in [0.1, 0.15) is 25.8 Å². The second-order valence-electron chi connectivity index (χ2n) is 4.94. The molecule has 0 bridgehead atoms. The summed E-state index contributed by atoms with van der Waals surface area (Å²) < 4.78 is 12.2. The van der Waals surface area contributed by atoms with Gasteiger partial charge in [-0.05, 0) is 53.0 Å². The number of benzene rings is 1. The van der Waals surface area contributed by atoms with Gasteiger partial charge in [-0.15, -0.1) is 0 Å². The van der Waals surface area contributed by atoms with Gasteiger partial charge in [0.15, 0.2) is 0 Å². The molecule has 0 saturated carbocycles. The molecule has 0 saturated heterocycles. The Morgan fingerprint density at radius 1 is 1.21 bits per heavy atom. The first-order valence-electron chi connectivity index (χ1n) is 6.77. The predicted molar refractivity (Wildman–Crippen MR) is 82.7 cm³/mol. The minimum absolute atomic E-state index is 0.585. The summed E-state index contributed by atoms with van der Waals surface area (Å²) in [7, 11) is 1.94. The fourth-order valence-corrected chi connectivity index (χ4v) is 2.15. The first-order chi connectivity index (χ1) is 9.13. The smallest absolute Gasteiger partial charge is 0.133 e. The maximum atomic E-state index is 5.68. The molecule has 1 N–H and O–H groups in total. The average Bonchev–Trinajstić information content (AvgIpc) is 2.36. The lowest BCUT2D eigenvalue weighted by atomic mass is 10.1. The van der Waals surface area contributed by atoms with Gasteiger partial charge >= 0.3 is 0 Å². The fourth-order valence-electron chi connectivity index (χ4n) is 1.61. The van der Waals surface area contributed by atoms with Crippen molar-refractivity contribution in [3.8, 4) is 5.75 Å². The molecule has 3 nitrogen and oxygen atoms in total. The molecule has 108 valence electrons. The summed E-state index contributed by atoms with van der Waals surface area (Å²) >= 11 is 3.53. The molecule has 0 spiro atoms. The van der Waals surface area contributed by atoms with Crippen molar-refractivity contribution in [3.63, 3.8) is 0 Å². The van der Waals surface area contributed by atoms with E-state index >= 15 is 0 Å². The highest BCUT2D eigenvalue weighted by Crippen LogP contribution is 2.25. The molecule has 19 heavy (non-hydrogen) atoms. The summed E-state index contributed by atoms with van der Waals surface area (Å²) in [5, 5.41) is 3.12. The topological polar surface area (TPSA) is 30.5 Å². The number of nitrogens with one attached hydrogen (secondary N) is 1. The Balaban J connectivity index is 2.25. The van der Waals surface area contributed by atoms with E-state index in [1.54, 1.807) is 0 Å². The summed E-state index contributed by atoms with van der Waals surface area (Å²) in [6, 6.07) is 6.13. The van der Waals surface area contributed by atoms with Gasteiger partial charge in [0.25, 0.3) is 0 Å². The molecule has 0 aliphatic rings. The van der Waals surface area contributed by atoms with Crippen LogP contribution in [0.5, 0.6) is 5.75 Å². The molecule has 0 unspecified atom stereocenters. The van der Waals surface area contributed by atoms with Crippen LogP contribution in [-0.2, 0) is 11.3 Å². The van der Waals surface area contributed by atoms with E-state index in [9.17, 15) is 0 Å². The Labute approximate surface area is 124 Å². The number of hydrogen-bond acceptors (Lipinski definition) is 3. The van der Waals surface area contributed by atoms with Crippen LogP contribution in [0.25, 0.3) is 0 Å². The van der Waals surface area contributed by atoms with E-state index in [4.69, 9.17) is 9.47 Å². The average molecular weight is 330 g/mol. The van der Waals surface area contributed by atoms with Gasteiger partial charge in [0.2, 0.25) is 0 Å². The van der Waals surface area contributed by atoms with Crippen LogP contribution in [0.15, 0.2) is 22.7 Å². The molecule has 0 aliphatic carbocycles. The van der Waals surface area contributed by atoms with E-state index < -0.39 is 0 Å². The molecular weight excluding hydrogens is 306 g/mol. The summed E-state index contributed by atoms with van der Waals surface area (Å²) in [4.78, 5) is 0. The Hall–Kier alpha value is -0.580. The first-order valence-corrected chi connectivity index (χ1v) is 7.56. The maximum Gasteiger partial charge on any atom is 0.133 e. The van der Waals surface area contributed by atoms with Crippen LogP contribution in [0.3, 0.4) is 0 Å². The second-order valence-corrected chi connectivity index (χ2v) is 5.79. The van der Waals surface area contributed by atoms with Gasteiger partial charge in [-0.25, -0.2) is 0 Å². The monoisotopic (exact) mass is 329 g/mol. The van der Waals surface area contributed by atoms with E-state index in [1.165, 1.54) is 5.56 Å². The third-order valence-electron chi connectivity index (χ3n) is 2.70. The van der Waals surface area contributed by atoms with E-state index in [-0.39, 0.29) is 0 Å². The Morgan fingerprint density at radius 3 is 2.63 bits per heavy atom. The Kier molecular flexibility index (Phi) is 8.10. The quantitative estimate of drug-likeness (QED) is 0.702. The number of rotatable bonds is 9. The fraction of sp³-hybridized carbons (Fsp3) is 0.600. The van der Waals surface area contributed by atoms with Gasteiger partial charge in [-0.2, -0.15) is 0 Å². The molecule has 0 aliphatic heterocycles. The molecule has 4 heteroatoms. The minimum atomic E-state index is 0.585. The van der Waals surface area contributed by atoms with Crippen molar-refractivity contribution < 1.29 is 9.47 Å². The van der Waals surface area contributed by atoms with E-state index in [0.717, 1.165) is 29.8 Å². The number of hydrogen-bond donors (Lipinski definition) is 1. The summed E-state index contributed by atoms with van der Waals surface area (Å²) in [6.45, 7) is 7.29. The van der Waals surface area contributed by atoms with Crippen LogP contribution < -0.4 is 10.1 Å². The number of halogens is 1. The zero-order valence-electron chi connectivity index (χ0n) is 12.0. The van der Waals surface area contributed by atoms with Crippen molar-refractivity contribution >= 4 is 15.9 Å². The third kappa shape index (κ3) is 6.95. The maximum absolute atomic E-state index is 5.68. The summed E-state index contributed by atoms with van der Waals surface area (Å²) in [6.07, 6.45) is 1.10. The SMILES string of the molecule is CNCc1ccc(OCCOCCC(C)C)c(Br)c1. The largest absolute Gasteiger partial charge is 0.490 e. The van der Waals surface area contributed by atoms with Crippen LogP contribution in [0, 0.1) is 5.92 Å². The van der Waals surface area contributed by atoms with Crippen LogP contribution in [-0.4, -0.2) is 26.9 Å². The minimum Gasteiger partial charge on any atom is -0.490 e. The molecule has 0 radical (unpaired) electrons. The highest BCUT2D eigenvalue weighted by atomic mass is 79.9. The van der Waals surface area contributed by atoms with Gasteiger partial charge in [0.1, 0.15) is 12.4 Å². The van der Waals surface area contributed by atoms with Crippen molar-refractivity contribution in [2.24, 2.45) is 5.92 Å². The van der Waals surface area contributed by atoms with Crippen LogP contribution in [0.2, 0.25) is 0 Å². The summed E-state index contributed by atoms with van der Waals surface area (Å²) in [5.74, 6) is 1.56. The molecule has 1 aromatic carbocycles. The van der Waals surface area contributed by atoms with Crippen molar-refractivity contribution in [2.75, 3.05) is 26.9 Å². The highest BCUT2D eigenvalue weighted by Gasteiger charge is 2.02. The molecular formula is C15H24BrNO2. The van der Waals surface area contributed by atoms with Gasteiger partial charge < -0.3 is 14.8 Å². The van der Waals surface area contributed by atoms with E-state index in [1.807, 2.05) is 13.1 Å². The standard InChI is InChI=1S/C15H24BrNO2/c1-12(2)6-7-18-8-9-19-15-5-4-13(11-17-3)10-14(15)16/h4-5,10,12,17H,6-9,11H2,1-3H3. The lowest BCUT2D eigenvalue weighted by molar-refractivity contribution is 0.0923. The first kappa shape index (κ1) is 16.5. The lowest BCUT2D eigenvalue weighted by Crippen LogP contribution is -2.09. The van der Waals surface area contributed by atoms with Gasteiger partial charge in [0, 0.05) is 13.2 Å². The zero-order chi connectivity index (χ0) is 14.1. The Bertz CT molecular complexity index is 369. The van der Waals surface area contributed by atoms with Gasteiger partial charge in [-0.3, -0.25) is 0 Å². The highest BCUT2D eigenvalue weighted by molar-refractivity contribution is 9.10. The molecule has 0 heterocycles. The molecule has 0 atom stereocenters. The van der Waals surface area contributed by atoms with Gasteiger partial charge in [-0.1, -0.05) is 19.9 Å². The molecule has 0 amide bonds. The van der Waals surface area contributed by atoms with Gasteiger partial charge in [0.05, 0.1) is 11.1 Å². The second kappa shape index (κ2) is 9.34. The normalized spacial score (nSPS) is 11.0. The van der Waals surface area contributed by atoms with Crippen molar-refractivity contribution in [1.82, 2.24) is 5.32 Å². The molecule has 1 rings (SSSR count). The molecule has 1 aromatic rings. The number of ether oxygens (including phenoxy) is 2. The van der Waals surface area contributed by atoms with Crippen molar-refractivity contribution in [2.45, 2.75) is 26.8 Å². The lowest BCUT2D eigenvalue weighted by Gasteiger charge is -2.10. The Morgan fingerprint density at radius 2 is 2.00 bits per heavy atom. The third-order valence-corrected chi connectivity index (χ3v) is 3.32. The van der Waals surface area contributed by atoms with E-state index in [2.05, 4.69) is 47.2 Å². The van der Waals surface area contributed by atoms with Crippen molar-refractivity contribution in [3.05, 3.63) is 28.2 Å². The van der Waals surface area contributed by atoms with Crippen molar-refractivity contribution in [1.29, 1.82) is 0 Å². The van der Waals surface area contributed by atoms with Crippen LogP contribution >= 0.6 is 15.9 Å². The predicted octanol–water partition coefficient (Wildman–Crippen LogP) is 3.61. The molecule has 0 fully saturated rings. The summed E-state index contributed by atoms with van der Waals surface area (Å²) in [5.41, 5.74) is 1.23.